The average molecular weight is 452 g/mol. The van der Waals surface area contributed by atoms with E-state index < -0.39 is 0 Å². The summed E-state index contributed by atoms with van der Waals surface area (Å²) in [7, 11) is 0. The third-order valence-corrected chi connectivity index (χ3v) is 7.50. The number of imide groups is 1. The monoisotopic (exact) mass is 451 g/mol. The average Bonchev–Trinajstić information content (AvgIpc) is 3.41. The van der Waals surface area contributed by atoms with Gasteiger partial charge in [-0.15, -0.1) is 0 Å². The Balaban J connectivity index is 1.44. The molecule has 1 saturated heterocycles. The summed E-state index contributed by atoms with van der Waals surface area (Å²) < 4.78 is 3.21. The molecule has 6 heteroatoms. The van der Waals surface area contributed by atoms with Crippen molar-refractivity contribution in [2.45, 2.75) is 27.2 Å². The number of aryl methyl sites for hydroxylation is 2. The third-order valence-electron chi connectivity index (χ3n) is 6.64. The van der Waals surface area contributed by atoms with Gasteiger partial charge in [0.15, 0.2) is 0 Å². The summed E-state index contributed by atoms with van der Waals surface area (Å²) in [6, 6.07) is 8.28. The van der Waals surface area contributed by atoms with Crippen LogP contribution in [0.5, 0.6) is 0 Å². The van der Waals surface area contributed by atoms with Crippen LogP contribution in [0.2, 0.25) is 0 Å². The predicted octanol–water partition coefficient (Wildman–Crippen LogP) is 4.31. The minimum atomic E-state index is -0.216. The van der Waals surface area contributed by atoms with Crippen molar-refractivity contribution in [3.8, 4) is 5.69 Å². The lowest BCUT2D eigenvalue weighted by atomic mass is 9.85. The van der Waals surface area contributed by atoms with E-state index in [9.17, 15) is 9.59 Å². The smallest absolute Gasteiger partial charge is 0.254 e. The Morgan fingerprint density at radius 3 is 2.31 bits per heavy atom. The van der Waals surface area contributed by atoms with E-state index in [4.69, 9.17) is 0 Å². The molecule has 5 rings (SSSR count). The molecule has 0 N–H and O–H groups in total. The molecule has 2 bridgehead atoms. The van der Waals surface area contributed by atoms with Gasteiger partial charge in [0.05, 0.1) is 18.1 Å². The van der Waals surface area contributed by atoms with Crippen LogP contribution >= 0.6 is 15.9 Å². The molecular weight excluding hydrogens is 430 g/mol. The van der Waals surface area contributed by atoms with Gasteiger partial charge in [-0.3, -0.25) is 9.59 Å². The number of halogens is 1. The van der Waals surface area contributed by atoms with Crippen LogP contribution in [0, 0.1) is 44.4 Å². The highest BCUT2D eigenvalue weighted by Gasteiger charge is 2.59. The first-order valence-electron chi connectivity index (χ1n) is 9.92. The molecule has 2 aromatic rings. The van der Waals surface area contributed by atoms with Gasteiger partial charge in [0.25, 0.3) is 11.8 Å². The van der Waals surface area contributed by atoms with Crippen LogP contribution in [0.1, 0.15) is 28.9 Å². The van der Waals surface area contributed by atoms with Gasteiger partial charge < -0.3 is 4.57 Å². The molecule has 0 radical (unpaired) electrons. The van der Waals surface area contributed by atoms with Crippen molar-refractivity contribution in [3.05, 3.63) is 63.4 Å². The maximum atomic E-state index is 12.8. The van der Waals surface area contributed by atoms with Crippen LogP contribution < -0.4 is 0 Å². The Kier molecular flexibility index (Phi) is 4.17. The molecule has 1 aromatic carbocycles. The number of hydrogen-bond donors (Lipinski definition) is 0. The van der Waals surface area contributed by atoms with E-state index in [1.165, 1.54) is 5.56 Å². The number of carbonyl (C=O) groups excluding carboxylic acids is 2. The molecule has 1 aromatic heterocycles. The van der Waals surface area contributed by atoms with Crippen LogP contribution in [-0.4, -0.2) is 27.6 Å². The van der Waals surface area contributed by atoms with E-state index in [0.29, 0.717) is 0 Å². The fourth-order valence-electron chi connectivity index (χ4n) is 5.16. The highest BCUT2D eigenvalue weighted by molar-refractivity contribution is 9.10. The lowest BCUT2D eigenvalue weighted by Crippen LogP contribution is -2.28. The highest BCUT2D eigenvalue weighted by atomic mass is 79.9. The molecule has 2 fully saturated rings. The van der Waals surface area contributed by atoms with Gasteiger partial charge in [0.1, 0.15) is 0 Å². The summed E-state index contributed by atoms with van der Waals surface area (Å²) in [6.45, 7) is 6.12. The first-order chi connectivity index (χ1) is 13.9. The van der Waals surface area contributed by atoms with Crippen molar-refractivity contribution in [3.63, 3.8) is 0 Å². The molecule has 148 valence electrons. The number of aromatic nitrogens is 1. The van der Waals surface area contributed by atoms with Crippen LogP contribution in [0.4, 0.5) is 0 Å². The maximum Gasteiger partial charge on any atom is 0.254 e. The van der Waals surface area contributed by atoms with Crippen molar-refractivity contribution >= 4 is 34.0 Å². The Bertz CT molecular complexity index is 1080. The number of allylic oxidation sites excluding steroid dienone is 2. The second-order valence-corrected chi connectivity index (χ2v) is 9.18. The number of amides is 2. The summed E-state index contributed by atoms with van der Waals surface area (Å²) in [4.78, 5) is 25.6. The number of hydrazone groups is 1. The summed E-state index contributed by atoms with van der Waals surface area (Å²) in [5, 5.41) is 5.44. The molecule has 2 aliphatic carbocycles. The number of benzene rings is 1. The summed E-state index contributed by atoms with van der Waals surface area (Å²) in [6.07, 6.45) is 6.76. The molecule has 2 amide bonds. The van der Waals surface area contributed by atoms with Crippen molar-refractivity contribution in [1.29, 1.82) is 0 Å². The van der Waals surface area contributed by atoms with Crippen molar-refractivity contribution < 1.29 is 9.59 Å². The number of rotatable bonds is 3. The lowest BCUT2D eigenvalue weighted by molar-refractivity contribution is -0.140. The molecule has 0 spiro atoms. The Morgan fingerprint density at radius 2 is 1.69 bits per heavy atom. The van der Waals surface area contributed by atoms with Crippen molar-refractivity contribution in [1.82, 2.24) is 9.58 Å². The van der Waals surface area contributed by atoms with Gasteiger partial charge in [0.2, 0.25) is 0 Å². The van der Waals surface area contributed by atoms with E-state index in [-0.39, 0.29) is 35.5 Å². The zero-order valence-electron chi connectivity index (χ0n) is 16.6. The standard InChI is InChI=1S/C23H22BrN3O2/c1-12-4-7-18(10-19(12)24)26-13(2)8-17(14(26)3)11-25-27-22(28)20-15-5-6-16(9-15)21(20)23(27)29/h4-8,10-11,15-16,20-21H,9H2,1-3H3/b25-11-/t15-,16-,20-,21-/m0/s1. The third kappa shape index (κ3) is 2.69. The van der Waals surface area contributed by atoms with Gasteiger partial charge in [0, 0.05) is 27.1 Å². The Morgan fingerprint density at radius 1 is 1.03 bits per heavy atom. The van der Waals surface area contributed by atoms with E-state index in [1.807, 2.05) is 19.9 Å². The van der Waals surface area contributed by atoms with Gasteiger partial charge >= 0.3 is 0 Å². The minimum Gasteiger partial charge on any atom is -0.318 e. The van der Waals surface area contributed by atoms with Crippen LogP contribution in [-0.2, 0) is 9.59 Å². The van der Waals surface area contributed by atoms with E-state index in [2.05, 4.69) is 62.9 Å². The largest absolute Gasteiger partial charge is 0.318 e. The molecule has 29 heavy (non-hydrogen) atoms. The predicted molar refractivity (Wildman–Crippen MR) is 115 cm³/mol. The summed E-state index contributed by atoms with van der Waals surface area (Å²) in [5.74, 6) is -0.328. The normalized spacial score (nSPS) is 27.7. The van der Waals surface area contributed by atoms with Crippen LogP contribution in [0.3, 0.4) is 0 Å². The first-order valence-corrected chi connectivity index (χ1v) is 10.7. The lowest BCUT2D eigenvalue weighted by Gasteiger charge is -2.13. The number of carbonyl (C=O) groups is 2. The van der Waals surface area contributed by atoms with E-state index in [0.717, 1.165) is 38.5 Å². The zero-order valence-corrected chi connectivity index (χ0v) is 18.2. The quantitative estimate of drug-likeness (QED) is 0.396. The molecular formula is C23H22BrN3O2. The molecule has 1 aliphatic heterocycles. The number of fused-ring (bicyclic) bond motifs is 5. The van der Waals surface area contributed by atoms with Crippen molar-refractivity contribution in [2.75, 3.05) is 0 Å². The molecule has 5 nitrogen and oxygen atoms in total. The van der Waals surface area contributed by atoms with Gasteiger partial charge in [-0.1, -0.05) is 34.1 Å². The molecule has 4 atom stereocenters. The Labute approximate surface area is 178 Å². The maximum absolute atomic E-state index is 12.8. The first kappa shape index (κ1) is 18.6. The van der Waals surface area contributed by atoms with Crippen molar-refractivity contribution in [2.24, 2.45) is 28.8 Å². The Hall–Kier alpha value is -2.47. The topological polar surface area (TPSA) is 54.7 Å². The summed E-state index contributed by atoms with van der Waals surface area (Å²) in [5.41, 5.74) is 5.22. The van der Waals surface area contributed by atoms with Crippen LogP contribution in [0.25, 0.3) is 5.69 Å². The van der Waals surface area contributed by atoms with E-state index >= 15 is 0 Å². The second kappa shape index (κ2) is 6.52. The number of hydrogen-bond acceptors (Lipinski definition) is 3. The second-order valence-electron chi connectivity index (χ2n) is 8.33. The van der Waals surface area contributed by atoms with Gasteiger partial charge in [-0.2, -0.15) is 10.1 Å². The summed E-state index contributed by atoms with van der Waals surface area (Å²) >= 11 is 3.60. The zero-order chi connectivity index (χ0) is 20.4. The number of nitrogens with zero attached hydrogens (tertiary/aromatic N) is 3. The molecule has 3 aliphatic rings. The SMILES string of the molecule is Cc1ccc(-n2c(C)cc(/C=N\N3C(=O)[C@@H]4[C@@H](C3=O)[C@H]3C=C[C@H]4C3)c2C)cc1Br. The fourth-order valence-corrected chi connectivity index (χ4v) is 5.52. The molecule has 2 heterocycles. The van der Waals surface area contributed by atoms with E-state index in [1.54, 1.807) is 6.21 Å². The molecule has 0 unspecified atom stereocenters. The highest BCUT2D eigenvalue weighted by Crippen LogP contribution is 2.52. The molecule has 1 saturated carbocycles. The van der Waals surface area contributed by atoms with Gasteiger partial charge in [-0.25, -0.2) is 0 Å². The minimum absolute atomic E-state index is 0.149. The van der Waals surface area contributed by atoms with Gasteiger partial charge in [-0.05, 0) is 62.8 Å². The van der Waals surface area contributed by atoms with Crippen LogP contribution in [0.15, 0.2) is 46.0 Å². The fraction of sp³-hybridized carbons (Fsp3) is 0.348.